The highest BCUT2D eigenvalue weighted by molar-refractivity contribution is 5.74. The smallest absolute Gasteiger partial charge is 0.315 e. The normalized spacial score (nSPS) is 16.5. The van der Waals surface area contributed by atoms with Crippen LogP contribution in [0, 0.1) is 0 Å². The van der Waals surface area contributed by atoms with Gasteiger partial charge in [0, 0.05) is 31.4 Å². The van der Waals surface area contributed by atoms with Crippen molar-refractivity contribution in [2.24, 2.45) is 7.05 Å². The van der Waals surface area contributed by atoms with E-state index in [1.165, 1.54) is 0 Å². The van der Waals surface area contributed by atoms with Gasteiger partial charge in [-0.05, 0) is 30.4 Å². The Hall–Kier alpha value is -2.56. The SMILES string of the molecule is Cn1c2c(ccc1=O)C[C@@H](NC(=O)NCc1ccccc1)CC2. The molecule has 0 bridgehead atoms. The third-order valence-corrected chi connectivity index (χ3v) is 4.36. The van der Waals surface area contributed by atoms with Gasteiger partial charge in [-0.15, -0.1) is 0 Å². The summed E-state index contributed by atoms with van der Waals surface area (Å²) < 4.78 is 1.71. The maximum absolute atomic E-state index is 12.0. The minimum absolute atomic E-state index is 0.0239. The van der Waals surface area contributed by atoms with E-state index in [2.05, 4.69) is 10.6 Å². The lowest BCUT2D eigenvalue weighted by atomic mass is 9.91. The maximum atomic E-state index is 12.0. The van der Waals surface area contributed by atoms with Crippen molar-refractivity contribution in [2.75, 3.05) is 0 Å². The number of benzene rings is 1. The van der Waals surface area contributed by atoms with E-state index in [4.69, 9.17) is 0 Å². The lowest BCUT2D eigenvalue weighted by Crippen LogP contribution is -2.45. The van der Waals surface area contributed by atoms with Gasteiger partial charge in [0.05, 0.1) is 0 Å². The molecule has 1 aromatic heterocycles. The first-order valence-electron chi connectivity index (χ1n) is 7.89. The molecule has 5 nitrogen and oxygen atoms in total. The van der Waals surface area contributed by atoms with E-state index in [1.54, 1.807) is 10.6 Å². The van der Waals surface area contributed by atoms with Crippen molar-refractivity contribution in [1.82, 2.24) is 15.2 Å². The maximum Gasteiger partial charge on any atom is 0.315 e. The van der Waals surface area contributed by atoms with Gasteiger partial charge in [-0.3, -0.25) is 4.79 Å². The first-order valence-corrected chi connectivity index (χ1v) is 7.89. The Labute approximate surface area is 135 Å². The van der Waals surface area contributed by atoms with Crippen molar-refractivity contribution in [3.8, 4) is 0 Å². The van der Waals surface area contributed by atoms with Gasteiger partial charge >= 0.3 is 6.03 Å². The van der Waals surface area contributed by atoms with E-state index in [0.717, 1.165) is 36.1 Å². The summed E-state index contributed by atoms with van der Waals surface area (Å²) in [5, 5.41) is 5.91. The predicted molar refractivity (Wildman–Crippen MR) is 89.3 cm³/mol. The molecule has 0 fully saturated rings. The van der Waals surface area contributed by atoms with Gasteiger partial charge in [0.25, 0.3) is 0 Å². The zero-order chi connectivity index (χ0) is 16.2. The predicted octanol–water partition coefficient (Wildman–Crippen LogP) is 1.74. The Morgan fingerprint density at radius 3 is 2.78 bits per heavy atom. The summed E-state index contributed by atoms with van der Waals surface area (Å²) in [6.45, 7) is 0.518. The molecule has 1 heterocycles. The number of rotatable bonds is 3. The summed E-state index contributed by atoms with van der Waals surface area (Å²) in [5.74, 6) is 0. The fourth-order valence-electron chi connectivity index (χ4n) is 3.06. The van der Waals surface area contributed by atoms with E-state index in [-0.39, 0.29) is 17.6 Å². The van der Waals surface area contributed by atoms with E-state index in [1.807, 2.05) is 43.4 Å². The van der Waals surface area contributed by atoms with Crippen LogP contribution in [-0.2, 0) is 26.4 Å². The second-order valence-corrected chi connectivity index (χ2v) is 5.95. The zero-order valence-corrected chi connectivity index (χ0v) is 13.2. The number of nitrogens with one attached hydrogen (secondary N) is 2. The molecule has 2 aromatic rings. The molecule has 3 rings (SSSR count). The number of nitrogens with zero attached hydrogens (tertiary/aromatic N) is 1. The highest BCUT2D eigenvalue weighted by atomic mass is 16.2. The molecule has 0 saturated heterocycles. The van der Waals surface area contributed by atoms with Crippen molar-refractivity contribution >= 4 is 6.03 Å². The van der Waals surface area contributed by atoms with E-state index < -0.39 is 0 Å². The fraction of sp³-hybridized carbons (Fsp3) is 0.333. The third kappa shape index (κ3) is 3.62. The summed E-state index contributed by atoms with van der Waals surface area (Å²) in [5.41, 5.74) is 3.33. The van der Waals surface area contributed by atoms with Crippen molar-refractivity contribution in [2.45, 2.75) is 31.8 Å². The second kappa shape index (κ2) is 6.69. The van der Waals surface area contributed by atoms with Gasteiger partial charge in [-0.25, -0.2) is 4.79 Å². The number of carbonyl (C=O) groups excluding carboxylic acids is 1. The fourth-order valence-corrected chi connectivity index (χ4v) is 3.06. The third-order valence-electron chi connectivity index (χ3n) is 4.36. The molecule has 1 aliphatic carbocycles. The number of aromatic nitrogens is 1. The van der Waals surface area contributed by atoms with E-state index in [0.29, 0.717) is 6.54 Å². The first-order chi connectivity index (χ1) is 11.1. The van der Waals surface area contributed by atoms with Crippen LogP contribution in [0.2, 0.25) is 0 Å². The first kappa shape index (κ1) is 15.3. The molecule has 23 heavy (non-hydrogen) atoms. The molecule has 0 unspecified atom stereocenters. The highest BCUT2D eigenvalue weighted by Gasteiger charge is 2.21. The van der Waals surface area contributed by atoms with Crippen LogP contribution < -0.4 is 16.2 Å². The van der Waals surface area contributed by atoms with Crippen LogP contribution in [0.4, 0.5) is 4.79 Å². The van der Waals surface area contributed by atoms with Crippen molar-refractivity contribution < 1.29 is 4.79 Å². The van der Waals surface area contributed by atoms with Gasteiger partial charge in [-0.2, -0.15) is 0 Å². The molecule has 0 spiro atoms. The Balaban J connectivity index is 1.56. The summed E-state index contributed by atoms with van der Waals surface area (Å²) in [6.07, 6.45) is 2.43. The molecule has 0 radical (unpaired) electrons. The molecule has 1 aromatic carbocycles. The van der Waals surface area contributed by atoms with Gasteiger partial charge < -0.3 is 15.2 Å². The lowest BCUT2D eigenvalue weighted by molar-refractivity contribution is 0.235. The van der Waals surface area contributed by atoms with Crippen LogP contribution in [0.15, 0.2) is 47.3 Å². The minimum atomic E-state index is -0.146. The van der Waals surface area contributed by atoms with Gasteiger partial charge in [0.1, 0.15) is 0 Å². The van der Waals surface area contributed by atoms with Crippen LogP contribution in [0.25, 0.3) is 0 Å². The Bertz CT molecular complexity index is 753. The molecule has 0 saturated carbocycles. The monoisotopic (exact) mass is 311 g/mol. The van der Waals surface area contributed by atoms with E-state index >= 15 is 0 Å². The molecular formula is C18H21N3O2. The standard InChI is InChI=1S/C18H21N3O2/c1-21-16-9-8-15(11-14(16)7-10-17(21)22)20-18(23)19-12-13-5-3-2-4-6-13/h2-7,10,15H,8-9,11-12H2,1H3,(H2,19,20,23)/t15-/m0/s1. The van der Waals surface area contributed by atoms with Gasteiger partial charge in [-0.1, -0.05) is 36.4 Å². The van der Waals surface area contributed by atoms with Crippen LogP contribution in [-0.4, -0.2) is 16.6 Å². The van der Waals surface area contributed by atoms with Gasteiger partial charge in [0.2, 0.25) is 5.56 Å². The number of fused-ring (bicyclic) bond motifs is 1. The average molecular weight is 311 g/mol. The number of pyridine rings is 1. The largest absolute Gasteiger partial charge is 0.335 e. The lowest BCUT2D eigenvalue weighted by Gasteiger charge is -2.26. The van der Waals surface area contributed by atoms with Crippen LogP contribution in [0.3, 0.4) is 0 Å². The van der Waals surface area contributed by atoms with Crippen molar-refractivity contribution in [3.63, 3.8) is 0 Å². The van der Waals surface area contributed by atoms with Gasteiger partial charge in [0.15, 0.2) is 0 Å². The zero-order valence-electron chi connectivity index (χ0n) is 13.2. The number of urea groups is 1. The number of hydrogen-bond donors (Lipinski definition) is 2. The molecule has 120 valence electrons. The average Bonchev–Trinajstić information content (AvgIpc) is 2.57. The Kier molecular flexibility index (Phi) is 4.46. The molecule has 1 atom stereocenters. The summed E-state index contributed by atoms with van der Waals surface area (Å²) in [4.78, 5) is 23.7. The van der Waals surface area contributed by atoms with Crippen molar-refractivity contribution in [3.05, 3.63) is 69.6 Å². The molecule has 2 N–H and O–H groups in total. The van der Waals surface area contributed by atoms with Crippen LogP contribution in [0.1, 0.15) is 23.2 Å². The molecular weight excluding hydrogens is 290 g/mol. The van der Waals surface area contributed by atoms with Crippen molar-refractivity contribution in [1.29, 1.82) is 0 Å². The summed E-state index contributed by atoms with van der Waals surface area (Å²) in [6, 6.07) is 13.3. The quantitative estimate of drug-likeness (QED) is 0.907. The number of hydrogen-bond acceptors (Lipinski definition) is 2. The van der Waals surface area contributed by atoms with Crippen LogP contribution >= 0.6 is 0 Å². The highest BCUT2D eigenvalue weighted by Crippen LogP contribution is 2.19. The topological polar surface area (TPSA) is 63.1 Å². The van der Waals surface area contributed by atoms with E-state index in [9.17, 15) is 9.59 Å². The molecule has 1 aliphatic rings. The Morgan fingerprint density at radius 2 is 2.00 bits per heavy atom. The minimum Gasteiger partial charge on any atom is -0.335 e. The summed E-state index contributed by atoms with van der Waals surface area (Å²) >= 11 is 0. The summed E-state index contributed by atoms with van der Waals surface area (Å²) in [7, 11) is 1.81. The number of amides is 2. The second-order valence-electron chi connectivity index (χ2n) is 5.95. The molecule has 2 amide bonds. The van der Waals surface area contributed by atoms with Crippen LogP contribution in [0.5, 0.6) is 0 Å². The Morgan fingerprint density at radius 1 is 1.22 bits per heavy atom. The molecule has 5 heteroatoms. The molecule has 0 aliphatic heterocycles. The number of carbonyl (C=O) groups is 1.